The summed E-state index contributed by atoms with van der Waals surface area (Å²) >= 11 is 0. The van der Waals surface area contributed by atoms with Crippen molar-refractivity contribution < 1.29 is 23.5 Å². The van der Waals surface area contributed by atoms with E-state index < -0.39 is 11.8 Å². The van der Waals surface area contributed by atoms with Crippen molar-refractivity contribution in [1.82, 2.24) is 0 Å². The fourth-order valence-corrected chi connectivity index (χ4v) is 5.69. The van der Waals surface area contributed by atoms with E-state index in [1.807, 2.05) is 0 Å². The van der Waals surface area contributed by atoms with E-state index in [0.29, 0.717) is 17.5 Å². The van der Waals surface area contributed by atoms with Gasteiger partial charge in [0.15, 0.2) is 0 Å². The zero-order valence-electron chi connectivity index (χ0n) is 15.9. The highest BCUT2D eigenvalue weighted by Gasteiger charge is 2.67. The van der Waals surface area contributed by atoms with Gasteiger partial charge in [0, 0.05) is 6.07 Å². The maximum atomic E-state index is 13.9. The molecule has 2 bridgehead atoms. The Bertz CT molecular complexity index is 1110. The second-order valence-corrected chi connectivity index (χ2v) is 8.53. The van der Waals surface area contributed by atoms with Crippen LogP contribution in [-0.2, 0) is 9.59 Å². The highest BCUT2D eigenvalue weighted by molar-refractivity contribution is 6.22. The molecule has 30 heavy (non-hydrogen) atoms. The van der Waals surface area contributed by atoms with Crippen LogP contribution in [0.2, 0.25) is 0 Å². The zero-order valence-corrected chi connectivity index (χ0v) is 15.9. The lowest BCUT2D eigenvalue weighted by atomic mass is 9.63. The van der Waals surface area contributed by atoms with E-state index in [0.717, 1.165) is 6.42 Å². The van der Waals surface area contributed by atoms with Crippen LogP contribution in [0.3, 0.4) is 0 Å². The molecule has 0 aromatic heterocycles. The standard InChI is InChI=1S/C24H18FNO4/c25-19-7-2-1-6-16(19)24(29)30-13-5-3-4-12(10-13)26-22(27)20-14-8-9-15(18-11-17(14)18)21(20)23(26)28/h1-10,14-15,17-18,20-21H,11H2/t14-,15-,17-,18+,20+,21+/m0/s1. The van der Waals surface area contributed by atoms with Crippen LogP contribution in [0.4, 0.5) is 10.1 Å². The summed E-state index contributed by atoms with van der Waals surface area (Å²) in [6.45, 7) is 0. The molecule has 0 radical (unpaired) electrons. The highest BCUT2D eigenvalue weighted by atomic mass is 19.1. The van der Waals surface area contributed by atoms with Gasteiger partial charge in [-0.2, -0.15) is 0 Å². The lowest BCUT2D eigenvalue weighted by molar-refractivity contribution is -0.124. The fourth-order valence-electron chi connectivity index (χ4n) is 5.69. The molecule has 6 atom stereocenters. The van der Waals surface area contributed by atoms with Crippen molar-refractivity contribution in [1.29, 1.82) is 0 Å². The van der Waals surface area contributed by atoms with Crippen molar-refractivity contribution in [3.8, 4) is 5.75 Å². The average Bonchev–Trinajstić information content (AvgIpc) is 3.52. The third-order valence-corrected chi connectivity index (χ3v) is 7.04. The van der Waals surface area contributed by atoms with Crippen molar-refractivity contribution in [2.24, 2.45) is 35.5 Å². The molecule has 2 aromatic rings. The molecule has 5 aliphatic rings. The smallest absolute Gasteiger partial charge is 0.346 e. The van der Waals surface area contributed by atoms with E-state index >= 15 is 0 Å². The van der Waals surface area contributed by atoms with Gasteiger partial charge >= 0.3 is 5.97 Å². The number of ether oxygens (including phenoxy) is 1. The van der Waals surface area contributed by atoms with Gasteiger partial charge in [0.2, 0.25) is 11.8 Å². The van der Waals surface area contributed by atoms with Crippen LogP contribution < -0.4 is 9.64 Å². The molecule has 2 saturated carbocycles. The molecule has 6 heteroatoms. The van der Waals surface area contributed by atoms with Gasteiger partial charge < -0.3 is 4.74 Å². The summed E-state index contributed by atoms with van der Waals surface area (Å²) in [5, 5.41) is 0. The number of halogens is 1. The molecule has 5 nitrogen and oxygen atoms in total. The van der Waals surface area contributed by atoms with Crippen LogP contribution in [0, 0.1) is 41.3 Å². The van der Waals surface area contributed by atoms with Crippen LogP contribution in [-0.4, -0.2) is 17.8 Å². The molecule has 150 valence electrons. The first-order valence-electron chi connectivity index (χ1n) is 10.2. The van der Waals surface area contributed by atoms with E-state index in [4.69, 9.17) is 4.74 Å². The number of hydrogen-bond donors (Lipinski definition) is 0. The van der Waals surface area contributed by atoms with Crippen LogP contribution in [0.25, 0.3) is 0 Å². The highest BCUT2D eigenvalue weighted by Crippen LogP contribution is 2.65. The Morgan fingerprint density at radius 2 is 1.60 bits per heavy atom. The Balaban J connectivity index is 1.29. The minimum Gasteiger partial charge on any atom is -0.423 e. The summed E-state index contributed by atoms with van der Waals surface area (Å²) in [5.41, 5.74) is 0.204. The minimum absolute atomic E-state index is 0.147. The number of esters is 1. The van der Waals surface area contributed by atoms with Crippen LogP contribution in [0.15, 0.2) is 60.7 Å². The molecule has 2 amide bonds. The first-order chi connectivity index (χ1) is 14.5. The topological polar surface area (TPSA) is 63.7 Å². The molecule has 1 heterocycles. The monoisotopic (exact) mass is 403 g/mol. The number of carbonyl (C=O) groups excluding carboxylic acids is 3. The number of rotatable bonds is 3. The van der Waals surface area contributed by atoms with Gasteiger partial charge in [-0.05, 0) is 54.4 Å². The van der Waals surface area contributed by atoms with Gasteiger partial charge in [0.25, 0.3) is 0 Å². The van der Waals surface area contributed by atoms with Gasteiger partial charge in [-0.1, -0.05) is 30.4 Å². The van der Waals surface area contributed by atoms with Gasteiger partial charge in [-0.15, -0.1) is 0 Å². The molecule has 4 aliphatic carbocycles. The molecule has 0 spiro atoms. The number of hydrogen-bond acceptors (Lipinski definition) is 4. The number of carbonyl (C=O) groups is 3. The Hall–Kier alpha value is -3.28. The SMILES string of the molecule is O=C(Oc1cccc(N2C(=O)[C@@H]3[C@H]4C=C[C@@H]([C@@H]5C[C@H]45)[C@H]3C2=O)c1)c1ccccc1F. The van der Waals surface area contributed by atoms with E-state index in [1.165, 1.54) is 29.2 Å². The summed E-state index contributed by atoms with van der Waals surface area (Å²) in [6.07, 6.45) is 5.36. The van der Waals surface area contributed by atoms with Gasteiger partial charge in [-0.3, -0.25) is 9.59 Å². The van der Waals surface area contributed by atoms with Gasteiger partial charge in [-0.25, -0.2) is 14.1 Å². The van der Waals surface area contributed by atoms with E-state index in [2.05, 4.69) is 12.2 Å². The van der Waals surface area contributed by atoms with E-state index in [1.54, 1.807) is 24.3 Å². The lowest BCUT2D eigenvalue weighted by Gasteiger charge is -2.37. The summed E-state index contributed by atoms with van der Waals surface area (Å²) < 4.78 is 19.2. The third kappa shape index (κ3) is 2.36. The minimum atomic E-state index is -0.833. The molecular weight excluding hydrogens is 385 g/mol. The fraction of sp³-hybridized carbons (Fsp3) is 0.292. The molecule has 1 saturated heterocycles. The second kappa shape index (κ2) is 6.11. The number of benzene rings is 2. The molecule has 1 aliphatic heterocycles. The Labute approximate surface area is 172 Å². The third-order valence-electron chi connectivity index (χ3n) is 7.04. The van der Waals surface area contributed by atoms with Crippen molar-refractivity contribution in [2.45, 2.75) is 6.42 Å². The van der Waals surface area contributed by atoms with Gasteiger partial charge in [0.05, 0.1) is 23.1 Å². The Morgan fingerprint density at radius 3 is 2.27 bits per heavy atom. The molecule has 0 N–H and O–H groups in total. The Kier molecular flexibility index (Phi) is 3.58. The first kappa shape index (κ1) is 17.6. The molecule has 3 fully saturated rings. The molecular formula is C24H18FNO4. The van der Waals surface area contributed by atoms with Crippen molar-refractivity contribution in [2.75, 3.05) is 4.90 Å². The van der Waals surface area contributed by atoms with E-state index in [-0.39, 0.29) is 46.8 Å². The summed E-state index contributed by atoms with van der Waals surface area (Å²) in [5.74, 6) is -0.921. The number of amides is 2. The first-order valence-corrected chi connectivity index (χ1v) is 10.2. The van der Waals surface area contributed by atoms with Crippen LogP contribution in [0.5, 0.6) is 5.75 Å². The number of imide groups is 1. The molecule has 2 aromatic carbocycles. The summed E-state index contributed by atoms with van der Waals surface area (Å²) in [6, 6.07) is 11.9. The number of nitrogens with zero attached hydrogens (tertiary/aromatic N) is 1. The largest absolute Gasteiger partial charge is 0.423 e. The van der Waals surface area contributed by atoms with E-state index in [9.17, 15) is 18.8 Å². The normalized spacial score (nSPS) is 32.8. The zero-order chi connectivity index (χ0) is 20.6. The van der Waals surface area contributed by atoms with Crippen molar-refractivity contribution in [3.05, 3.63) is 72.1 Å². The van der Waals surface area contributed by atoms with Crippen LogP contribution >= 0.6 is 0 Å². The molecule has 7 rings (SSSR count). The van der Waals surface area contributed by atoms with Crippen molar-refractivity contribution in [3.63, 3.8) is 0 Å². The summed E-state index contributed by atoms with van der Waals surface area (Å²) in [4.78, 5) is 40.0. The Morgan fingerprint density at radius 1 is 0.933 bits per heavy atom. The quantitative estimate of drug-likeness (QED) is 0.340. The summed E-state index contributed by atoms with van der Waals surface area (Å²) in [7, 11) is 0. The molecule has 0 unspecified atom stereocenters. The van der Waals surface area contributed by atoms with Crippen LogP contribution in [0.1, 0.15) is 16.8 Å². The van der Waals surface area contributed by atoms with Gasteiger partial charge in [0.1, 0.15) is 11.6 Å². The predicted molar refractivity (Wildman–Crippen MR) is 105 cm³/mol. The maximum absolute atomic E-state index is 13.9. The maximum Gasteiger partial charge on any atom is 0.346 e. The number of anilines is 1. The lowest BCUT2D eigenvalue weighted by Crippen LogP contribution is -2.40. The van der Waals surface area contributed by atoms with Crippen molar-refractivity contribution >= 4 is 23.5 Å². The predicted octanol–water partition coefficient (Wildman–Crippen LogP) is 3.60. The number of allylic oxidation sites excluding steroid dienone is 2. The second-order valence-electron chi connectivity index (χ2n) is 8.53. The average molecular weight is 403 g/mol.